The second kappa shape index (κ2) is 13.4. The van der Waals surface area contributed by atoms with Crippen LogP contribution in [0, 0.1) is 11.3 Å². The Hall–Kier alpha value is -2.21. The van der Waals surface area contributed by atoms with Gasteiger partial charge in [-0.15, -0.1) is 0 Å². The van der Waals surface area contributed by atoms with Crippen LogP contribution in [0.3, 0.4) is 0 Å². The normalized spacial score (nSPS) is 19.9. The van der Waals surface area contributed by atoms with E-state index in [1.807, 2.05) is 27.7 Å². The van der Waals surface area contributed by atoms with Crippen molar-refractivity contribution < 1.29 is 43.3 Å². The van der Waals surface area contributed by atoms with Crippen LogP contribution >= 0.6 is 20.2 Å². The van der Waals surface area contributed by atoms with E-state index in [-0.39, 0.29) is 24.9 Å². The molecule has 1 saturated heterocycles. The van der Waals surface area contributed by atoms with Gasteiger partial charge < -0.3 is 39.9 Å². The van der Waals surface area contributed by atoms with E-state index in [9.17, 15) is 19.5 Å². The second-order valence-corrected chi connectivity index (χ2v) is 12.3. The summed E-state index contributed by atoms with van der Waals surface area (Å²) in [5.41, 5.74) is -2.30. The first-order valence-corrected chi connectivity index (χ1v) is 14.0. The molecule has 0 bridgehead atoms. The van der Waals surface area contributed by atoms with E-state index in [2.05, 4.69) is 19.9 Å². The zero-order chi connectivity index (χ0) is 29.6. The van der Waals surface area contributed by atoms with Gasteiger partial charge in [0.2, 0.25) is 12.7 Å². The number of ether oxygens (including phenoxy) is 2. The first kappa shape index (κ1) is 33.0. The predicted octanol–water partition coefficient (Wildman–Crippen LogP) is 3.23. The number of carbonyl (C=O) groups is 3. The number of piperidine rings is 1. The van der Waals surface area contributed by atoms with Crippen molar-refractivity contribution in [3.63, 3.8) is 0 Å². The second-order valence-electron chi connectivity index (χ2n) is 11.1. The van der Waals surface area contributed by atoms with Gasteiger partial charge in [0.15, 0.2) is 0 Å². The SMILES string of the molecule is CC(C)[C@@H](NC(=O)NCC(C)(C)OC(=O)OCOP(O)O)C(=O)N1CC[C@](O)(c2ccc(Cl)cc2)C(C)(C)C1. The minimum Gasteiger partial charge on any atom is -0.426 e. The molecule has 3 amide bonds. The Balaban J connectivity index is 1.97. The standard InChI is InChI=1S/C25H39ClN3O9P/c1-16(2)19(28-21(31)27-13-24(5,6)38-22(32)36-15-37-39(34)35)20(30)29-12-11-25(33,23(3,4)14-29)17-7-9-18(26)10-8-17/h7-10,16,19,33-35H,11-15H2,1-6H3,(H2,27,28,31)/t19-,25+/m1/s1. The molecule has 0 saturated carbocycles. The summed E-state index contributed by atoms with van der Waals surface area (Å²) in [6.07, 6.45) is -0.810. The maximum Gasteiger partial charge on any atom is 0.511 e. The predicted molar refractivity (Wildman–Crippen MR) is 144 cm³/mol. The van der Waals surface area contributed by atoms with Crippen molar-refractivity contribution in [3.05, 3.63) is 34.9 Å². The molecule has 0 radical (unpaired) electrons. The van der Waals surface area contributed by atoms with Crippen LogP contribution in [0.2, 0.25) is 5.02 Å². The molecule has 0 aromatic heterocycles. The number of likely N-dealkylation sites (tertiary alicyclic amines) is 1. The molecule has 2 rings (SSSR count). The molecule has 5 N–H and O–H groups in total. The number of benzene rings is 1. The summed E-state index contributed by atoms with van der Waals surface area (Å²) in [5, 5.41) is 17.5. The lowest BCUT2D eigenvalue weighted by atomic mass is 9.66. The molecule has 14 heteroatoms. The monoisotopic (exact) mass is 591 g/mol. The fraction of sp³-hybridized carbons (Fsp3) is 0.640. The molecule has 1 aliphatic rings. The lowest BCUT2D eigenvalue weighted by Crippen LogP contribution is -2.61. The van der Waals surface area contributed by atoms with Gasteiger partial charge in [-0.2, -0.15) is 0 Å². The number of aliphatic hydroxyl groups is 1. The topological polar surface area (TPSA) is 167 Å². The van der Waals surface area contributed by atoms with E-state index >= 15 is 0 Å². The summed E-state index contributed by atoms with van der Waals surface area (Å²) in [4.78, 5) is 56.9. The van der Waals surface area contributed by atoms with Gasteiger partial charge in [-0.3, -0.25) is 9.32 Å². The highest BCUT2D eigenvalue weighted by Crippen LogP contribution is 2.46. The lowest BCUT2D eigenvalue weighted by molar-refractivity contribution is -0.155. The fourth-order valence-electron chi connectivity index (χ4n) is 4.38. The number of hydrogen-bond donors (Lipinski definition) is 5. The fourth-order valence-corrected chi connectivity index (χ4v) is 4.65. The van der Waals surface area contributed by atoms with Crippen LogP contribution in [0.1, 0.15) is 53.5 Å². The molecule has 0 spiro atoms. The largest absolute Gasteiger partial charge is 0.511 e. The molecule has 39 heavy (non-hydrogen) atoms. The first-order valence-electron chi connectivity index (χ1n) is 12.5. The van der Waals surface area contributed by atoms with Crippen LogP contribution < -0.4 is 10.6 Å². The molecule has 1 fully saturated rings. The average molecular weight is 592 g/mol. The Kier molecular flexibility index (Phi) is 11.4. The van der Waals surface area contributed by atoms with Gasteiger partial charge in [0.25, 0.3) is 0 Å². The Labute approximate surface area is 234 Å². The van der Waals surface area contributed by atoms with Gasteiger partial charge >= 0.3 is 20.8 Å². The molecule has 1 aliphatic heterocycles. The summed E-state index contributed by atoms with van der Waals surface area (Å²) >= 11 is 6.01. The Morgan fingerprint density at radius 2 is 1.79 bits per heavy atom. The van der Waals surface area contributed by atoms with E-state index in [1.54, 1.807) is 29.2 Å². The van der Waals surface area contributed by atoms with Crippen molar-refractivity contribution in [3.8, 4) is 0 Å². The van der Waals surface area contributed by atoms with Crippen molar-refractivity contribution in [2.75, 3.05) is 26.4 Å². The van der Waals surface area contributed by atoms with Crippen LogP contribution in [0.15, 0.2) is 24.3 Å². The van der Waals surface area contributed by atoms with Crippen LogP contribution in [-0.4, -0.2) is 76.0 Å². The summed E-state index contributed by atoms with van der Waals surface area (Å²) in [5.74, 6) is -0.496. The van der Waals surface area contributed by atoms with E-state index in [1.165, 1.54) is 13.8 Å². The van der Waals surface area contributed by atoms with Gasteiger partial charge in [-0.25, -0.2) is 9.59 Å². The summed E-state index contributed by atoms with van der Waals surface area (Å²) in [6, 6.07) is 5.59. The number of urea groups is 1. The Morgan fingerprint density at radius 1 is 1.18 bits per heavy atom. The highest BCUT2D eigenvalue weighted by molar-refractivity contribution is 7.39. The minimum absolute atomic E-state index is 0.106. The highest BCUT2D eigenvalue weighted by Gasteiger charge is 2.50. The van der Waals surface area contributed by atoms with Gasteiger partial charge in [0.05, 0.1) is 12.1 Å². The molecule has 0 aliphatic carbocycles. The van der Waals surface area contributed by atoms with Gasteiger partial charge in [-0.1, -0.05) is 51.4 Å². The summed E-state index contributed by atoms with van der Waals surface area (Å²) in [6.45, 7) is 10.3. The van der Waals surface area contributed by atoms with Crippen molar-refractivity contribution in [1.82, 2.24) is 15.5 Å². The molecule has 12 nitrogen and oxygen atoms in total. The lowest BCUT2D eigenvalue weighted by Gasteiger charge is -2.51. The summed E-state index contributed by atoms with van der Waals surface area (Å²) in [7, 11) is -2.67. The zero-order valence-electron chi connectivity index (χ0n) is 23.1. The third kappa shape index (κ3) is 9.16. The summed E-state index contributed by atoms with van der Waals surface area (Å²) < 4.78 is 14.0. The molecule has 1 aromatic carbocycles. The third-order valence-electron chi connectivity index (χ3n) is 6.68. The van der Waals surface area contributed by atoms with E-state index in [4.69, 9.17) is 26.1 Å². The van der Waals surface area contributed by atoms with Crippen LogP contribution in [0.25, 0.3) is 0 Å². The molecule has 1 aromatic rings. The van der Waals surface area contributed by atoms with E-state index in [0.29, 0.717) is 18.0 Å². The zero-order valence-corrected chi connectivity index (χ0v) is 24.7. The van der Waals surface area contributed by atoms with Crippen molar-refractivity contribution in [1.29, 1.82) is 0 Å². The van der Waals surface area contributed by atoms with Crippen LogP contribution in [0.4, 0.5) is 9.59 Å². The number of rotatable bonds is 10. The first-order chi connectivity index (χ1) is 18.0. The molecular formula is C25H39ClN3O9P. The van der Waals surface area contributed by atoms with Crippen LogP contribution in [0.5, 0.6) is 0 Å². The smallest absolute Gasteiger partial charge is 0.426 e. The Morgan fingerprint density at radius 3 is 2.33 bits per heavy atom. The number of carbonyl (C=O) groups excluding carboxylic acids is 3. The molecule has 220 valence electrons. The quantitative estimate of drug-likeness (QED) is 0.156. The minimum atomic E-state index is -2.67. The van der Waals surface area contributed by atoms with E-state index in [0.717, 1.165) is 5.56 Å². The van der Waals surface area contributed by atoms with Crippen molar-refractivity contribution in [2.45, 2.75) is 65.2 Å². The maximum absolute atomic E-state index is 13.5. The number of nitrogens with one attached hydrogen (secondary N) is 2. The number of hydrogen-bond acceptors (Lipinski definition) is 9. The van der Waals surface area contributed by atoms with Gasteiger partial charge in [0.1, 0.15) is 11.6 Å². The van der Waals surface area contributed by atoms with Crippen LogP contribution in [-0.2, 0) is 24.4 Å². The van der Waals surface area contributed by atoms with Gasteiger partial charge in [-0.05, 0) is 43.9 Å². The van der Waals surface area contributed by atoms with E-state index < -0.39 is 50.2 Å². The van der Waals surface area contributed by atoms with Crippen molar-refractivity contribution in [2.24, 2.45) is 11.3 Å². The number of amides is 3. The highest BCUT2D eigenvalue weighted by atomic mass is 35.5. The molecular weight excluding hydrogens is 553 g/mol. The maximum atomic E-state index is 13.5. The molecule has 0 unspecified atom stereocenters. The third-order valence-corrected chi connectivity index (χ3v) is 7.27. The van der Waals surface area contributed by atoms with Crippen molar-refractivity contribution >= 4 is 38.3 Å². The average Bonchev–Trinajstić information content (AvgIpc) is 2.82. The molecule has 1 heterocycles. The van der Waals surface area contributed by atoms with Gasteiger partial charge in [0, 0.05) is 23.5 Å². The Bertz CT molecular complexity index is 1010. The number of halogens is 1. The number of nitrogens with zero attached hydrogens (tertiary/aromatic N) is 1. The molecule has 2 atom stereocenters.